The van der Waals surface area contributed by atoms with Crippen LogP contribution >= 0.6 is 0 Å². The van der Waals surface area contributed by atoms with Crippen LogP contribution < -0.4 is 5.32 Å². The molecule has 0 aliphatic carbocycles. The molecule has 1 N–H and O–H groups in total. The lowest BCUT2D eigenvalue weighted by Crippen LogP contribution is -2.50. The third kappa shape index (κ3) is 4.24. The Bertz CT molecular complexity index is 581. The average molecular weight is 344 g/mol. The molecule has 0 aromatic heterocycles. The van der Waals surface area contributed by atoms with Crippen LogP contribution in [0.1, 0.15) is 43.7 Å². The van der Waals surface area contributed by atoms with Crippen LogP contribution in [0.25, 0.3) is 0 Å². The number of aryl methyl sites for hydroxylation is 1. The molecule has 0 spiro atoms. The number of rotatable bonds is 5. The van der Waals surface area contributed by atoms with E-state index in [9.17, 15) is 4.79 Å². The van der Waals surface area contributed by atoms with Gasteiger partial charge in [0.25, 0.3) is 0 Å². The highest BCUT2D eigenvalue weighted by atomic mass is 16.5. The van der Waals surface area contributed by atoms with Crippen molar-refractivity contribution in [1.29, 1.82) is 0 Å². The van der Waals surface area contributed by atoms with Gasteiger partial charge >= 0.3 is 0 Å². The summed E-state index contributed by atoms with van der Waals surface area (Å²) in [6.07, 6.45) is 4.15. The van der Waals surface area contributed by atoms with Crippen LogP contribution in [0.2, 0.25) is 0 Å². The second kappa shape index (κ2) is 8.33. The van der Waals surface area contributed by atoms with Crippen LogP contribution in [-0.4, -0.2) is 50.2 Å². The Morgan fingerprint density at radius 3 is 2.80 bits per heavy atom. The molecule has 138 valence electrons. The van der Waals surface area contributed by atoms with Gasteiger partial charge in [-0.05, 0) is 56.2 Å². The third-order valence-corrected chi connectivity index (χ3v) is 5.90. The van der Waals surface area contributed by atoms with Gasteiger partial charge in [-0.1, -0.05) is 31.2 Å². The summed E-state index contributed by atoms with van der Waals surface area (Å²) in [6, 6.07) is 8.31. The minimum absolute atomic E-state index is 0.176. The van der Waals surface area contributed by atoms with E-state index in [2.05, 4.69) is 36.2 Å². The van der Waals surface area contributed by atoms with Crippen molar-refractivity contribution in [3.05, 3.63) is 35.4 Å². The first kappa shape index (κ1) is 18.4. The smallest absolute Gasteiger partial charge is 0.230 e. The molecule has 0 bridgehead atoms. The number of nitrogens with zero attached hydrogens (tertiary/aromatic N) is 1. The predicted octanol–water partition coefficient (Wildman–Crippen LogP) is 2.89. The summed E-state index contributed by atoms with van der Waals surface area (Å²) in [4.78, 5) is 15.7. The van der Waals surface area contributed by atoms with Gasteiger partial charge in [0.1, 0.15) is 0 Å². The van der Waals surface area contributed by atoms with Crippen molar-refractivity contribution >= 4 is 5.91 Å². The summed E-state index contributed by atoms with van der Waals surface area (Å²) in [5, 5.41) is 3.24. The fourth-order valence-electron chi connectivity index (χ4n) is 4.43. The molecule has 1 amide bonds. The average Bonchev–Trinajstić information content (AvgIpc) is 2.62. The quantitative estimate of drug-likeness (QED) is 0.893. The number of benzene rings is 1. The van der Waals surface area contributed by atoms with Gasteiger partial charge in [0, 0.05) is 32.8 Å². The summed E-state index contributed by atoms with van der Waals surface area (Å²) in [6.45, 7) is 9.76. The molecule has 2 saturated heterocycles. The number of amides is 1. The lowest BCUT2D eigenvalue weighted by molar-refractivity contribution is -0.130. The Morgan fingerprint density at radius 2 is 2.08 bits per heavy atom. The summed E-state index contributed by atoms with van der Waals surface area (Å²) in [5.74, 6) is 0.952. The standard InChI is InChI=1S/C21H32N2O2/c1-17-6-5-12-23(16-17)13-11-22-20(24)21(9-14-25-15-10-21)19-8-4-3-7-18(19)2/h3-4,7-8,17H,5-6,9-16H2,1-2H3,(H,22,24). The fraction of sp³-hybridized carbons (Fsp3) is 0.667. The van der Waals surface area contributed by atoms with E-state index < -0.39 is 5.41 Å². The van der Waals surface area contributed by atoms with Gasteiger partial charge in [-0.3, -0.25) is 4.79 Å². The summed E-state index contributed by atoms with van der Waals surface area (Å²) in [7, 11) is 0. The molecule has 1 aromatic rings. The molecular weight excluding hydrogens is 312 g/mol. The molecule has 2 fully saturated rings. The normalized spacial score (nSPS) is 24.0. The second-order valence-corrected chi connectivity index (χ2v) is 7.81. The zero-order valence-electron chi connectivity index (χ0n) is 15.7. The second-order valence-electron chi connectivity index (χ2n) is 7.81. The number of carbonyl (C=O) groups is 1. The third-order valence-electron chi connectivity index (χ3n) is 5.90. The Labute approximate surface area is 151 Å². The van der Waals surface area contributed by atoms with Gasteiger partial charge in [-0.2, -0.15) is 0 Å². The van der Waals surface area contributed by atoms with E-state index in [1.54, 1.807) is 0 Å². The molecule has 0 saturated carbocycles. The van der Waals surface area contributed by atoms with Crippen molar-refractivity contribution in [3.8, 4) is 0 Å². The Morgan fingerprint density at radius 1 is 1.32 bits per heavy atom. The van der Waals surface area contributed by atoms with Crippen LogP contribution in [0.15, 0.2) is 24.3 Å². The molecule has 3 rings (SSSR count). The van der Waals surface area contributed by atoms with Crippen molar-refractivity contribution in [1.82, 2.24) is 10.2 Å². The summed E-state index contributed by atoms with van der Waals surface area (Å²) >= 11 is 0. The highest BCUT2D eigenvalue weighted by Crippen LogP contribution is 2.36. The summed E-state index contributed by atoms with van der Waals surface area (Å²) < 4.78 is 5.56. The highest BCUT2D eigenvalue weighted by molar-refractivity contribution is 5.88. The van der Waals surface area contributed by atoms with E-state index in [-0.39, 0.29) is 5.91 Å². The number of nitrogens with one attached hydrogen (secondary N) is 1. The van der Waals surface area contributed by atoms with E-state index in [4.69, 9.17) is 4.74 Å². The van der Waals surface area contributed by atoms with Gasteiger partial charge < -0.3 is 15.0 Å². The van der Waals surface area contributed by atoms with Gasteiger partial charge in [-0.25, -0.2) is 0 Å². The predicted molar refractivity (Wildman–Crippen MR) is 101 cm³/mol. The Balaban J connectivity index is 1.65. The van der Waals surface area contributed by atoms with E-state index in [1.165, 1.54) is 24.0 Å². The van der Waals surface area contributed by atoms with Gasteiger partial charge in [0.15, 0.2) is 0 Å². The van der Waals surface area contributed by atoms with Crippen molar-refractivity contribution < 1.29 is 9.53 Å². The first-order chi connectivity index (χ1) is 12.1. The largest absolute Gasteiger partial charge is 0.381 e. The Hall–Kier alpha value is -1.39. The van der Waals surface area contributed by atoms with Gasteiger partial charge in [0.05, 0.1) is 5.41 Å². The van der Waals surface area contributed by atoms with Crippen LogP contribution in [0.4, 0.5) is 0 Å². The van der Waals surface area contributed by atoms with Gasteiger partial charge in [0.2, 0.25) is 5.91 Å². The van der Waals surface area contributed by atoms with Crippen LogP contribution in [-0.2, 0) is 14.9 Å². The van der Waals surface area contributed by atoms with Crippen molar-refractivity contribution in [3.63, 3.8) is 0 Å². The molecule has 2 aliphatic rings. The lowest BCUT2D eigenvalue weighted by atomic mass is 9.72. The topological polar surface area (TPSA) is 41.6 Å². The zero-order chi connectivity index (χ0) is 17.7. The molecule has 4 nitrogen and oxygen atoms in total. The number of piperidine rings is 1. The fourth-order valence-corrected chi connectivity index (χ4v) is 4.43. The van der Waals surface area contributed by atoms with E-state index in [0.29, 0.717) is 13.2 Å². The number of hydrogen-bond donors (Lipinski definition) is 1. The maximum atomic E-state index is 13.2. The van der Waals surface area contributed by atoms with Crippen molar-refractivity contribution in [2.75, 3.05) is 39.4 Å². The summed E-state index contributed by atoms with van der Waals surface area (Å²) in [5.41, 5.74) is 1.94. The molecule has 1 atom stereocenters. The molecule has 25 heavy (non-hydrogen) atoms. The monoisotopic (exact) mass is 344 g/mol. The minimum atomic E-state index is -0.432. The van der Waals surface area contributed by atoms with Gasteiger partial charge in [-0.15, -0.1) is 0 Å². The molecule has 2 aliphatic heterocycles. The molecule has 1 aromatic carbocycles. The number of carbonyl (C=O) groups excluding carboxylic acids is 1. The van der Waals surface area contributed by atoms with Crippen LogP contribution in [0.5, 0.6) is 0 Å². The number of likely N-dealkylation sites (tertiary alicyclic amines) is 1. The molecule has 1 unspecified atom stereocenters. The Kier molecular flexibility index (Phi) is 6.13. The van der Waals surface area contributed by atoms with E-state index >= 15 is 0 Å². The van der Waals surface area contributed by atoms with E-state index in [1.807, 2.05) is 12.1 Å². The molecule has 2 heterocycles. The number of hydrogen-bond acceptors (Lipinski definition) is 3. The zero-order valence-corrected chi connectivity index (χ0v) is 15.7. The number of ether oxygens (including phenoxy) is 1. The molecule has 0 radical (unpaired) electrons. The maximum Gasteiger partial charge on any atom is 0.230 e. The van der Waals surface area contributed by atoms with Crippen molar-refractivity contribution in [2.24, 2.45) is 5.92 Å². The SMILES string of the molecule is Cc1ccccc1C1(C(=O)NCCN2CCCC(C)C2)CCOCC1. The minimum Gasteiger partial charge on any atom is -0.381 e. The van der Waals surface area contributed by atoms with E-state index in [0.717, 1.165) is 44.9 Å². The lowest BCUT2D eigenvalue weighted by Gasteiger charge is -2.37. The first-order valence-corrected chi connectivity index (χ1v) is 9.76. The van der Waals surface area contributed by atoms with Crippen LogP contribution in [0, 0.1) is 12.8 Å². The molecule has 4 heteroatoms. The molecular formula is C21H32N2O2. The van der Waals surface area contributed by atoms with Crippen LogP contribution in [0.3, 0.4) is 0 Å². The maximum absolute atomic E-state index is 13.2. The first-order valence-electron chi connectivity index (χ1n) is 9.76. The highest BCUT2D eigenvalue weighted by Gasteiger charge is 2.42. The van der Waals surface area contributed by atoms with Crippen molar-refractivity contribution in [2.45, 2.75) is 44.9 Å².